The lowest BCUT2D eigenvalue weighted by Crippen LogP contribution is -2.60. The molecule has 2 saturated heterocycles. The molecule has 0 aliphatic carbocycles. The molecule has 49 heavy (non-hydrogen) atoms. The van der Waals surface area contributed by atoms with Crippen LogP contribution < -0.4 is 16.0 Å². The van der Waals surface area contributed by atoms with Crippen molar-refractivity contribution in [3.05, 3.63) is 52.9 Å². The number of benzene rings is 1. The predicted octanol–water partition coefficient (Wildman–Crippen LogP) is 0.806. The normalized spacial score (nSPS) is 26.2. The molecule has 2 aliphatic rings. The summed E-state index contributed by atoms with van der Waals surface area (Å²) in [7, 11) is 1.48. The Morgan fingerprint density at radius 3 is 2.41 bits per heavy atom. The van der Waals surface area contributed by atoms with E-state index in [0.717, 1.165) is 11.1 Å². The first-order valence-corrected chi connectivity index (χ1v) is 16.9. The van der Waals surface area contributed by atoms with Crippen molar-refractivity contribution < 1.29 is 38.3 Å². The van der Waals surface area contributed by atoms with Gasteiger partial charge in [0, 0.05) is 32.1 Å². The molecule has 5 amide bonds. The molecular formula is C35H50N6O8. The van der Waals surface area contributed by atoms with Crippen LogP contribution in [0.5, 0.6) is 0 Å². The van der Waals surface area contributed by atoms with Crippen molar-refractivity contribution in [2.45, 2.75) is 103 Å². The maximum absolute atomic E-state index is 13.8. The van der Waals surface area contributed by atoms with Gasteiger partial charge in [-0.05, 0) is 51.5 Å². The van der Waals surface area contributed by atoms with Gasteiger partial charge >= 0.3 is 0 Å². The highest BCUT2D eigenvalue weighted by atomic mass is 16.5. The third-order valence-corrected chi connectivity index (χ3v) is 9.30. The summed E-state index contributed by atoms with van der Waals surface area (Å²) in [4.78, 5) is 70.9. The topological polar surface area (TPSA) is 183 Å². The lowest BCUT2D eigenvalue weighted by Gasteiger charge is -2.38. The molecule has 6 atom stereocenters. The second-order valence-electron chi connectivity index (χ2n) is 13.5. The molecule has 4 N–H and O–H groups in total. The van der Waals surface area contributed by atoms with E-state index in [-0.39, 0.29) is 44.2 Å². The first kappa shape index (κ1) is 37.5. The van der Waals surface area contributed by atoms with Crippen LogP contribution in [0.25, 0.3) is 0 Å². The van der Waals surface area contributed by atoms with Crippen LogP contribution in [0.1, 0.15) is 62.6 Å². The smallest absolute Gasteiger partial charge is 0.245 e. The molecule has 14 nitrogen and oxygen atoms in total. The highest BCUT2D eigenvalue weighted by Gasteiger charge is 2.39. The summed E-state index contributed by atoms with van der Waals surface area (Å²) in [6.45, 7) is 8.58. The number of hydrogen-bond acceptors (Lipinski definition) is 9. The van der Waals surface area contributed by atoms with E-state index in [1.807, 2.05) is 44.2 Å². The van der Waals surface area contributed by atoms with E-state index in [4.69, 9.17) is 9.26 Å². The molecule has 0 radical (unpaired) electrons. The average Bonchev–Trinajstić information content (AvgIpc) is 3.39. The quantitative estimate of drug-likeness (QED) is 0.328. The van der Waals surface area contributed by atoms with E-state index >= 15 is 0 Å². The third kappa shape index (κ3) is 9.88. The number of rotatable bonds is 7. The molecule has 268 valence electrons. The van der Waals surface area contributed by atoms with Gasteiger partial charge in [-0.15, -0.1) is 0 Å². The molecular weight excluding hydrogens is 632 g/mol. The van der Waals surface area contributed by atoms with Gasteiger partial charge in [-0.3, -0.25) is 24.0 Å². The number of nitrogens with one attached hydrogen (secondary N) is 3. The van der Waals surface area contributed by atoms with Crippen molar-refractivity contribution >= 4 is 29.5 Å². The van der Waals surface area contributed by atoms with E-state index in [1.54, 1.807) is 20.8 Å². The Labute approximate surface area is 287 Å². The number of aromatic nitrogens is 1. The third-order valence-electron chi connectivity index (χ3n) is 9.30. The van der Waals surface area contributed by atoms with Crippen LogP contribution in [0.4, 0.5) is 0 Å². The molecule has 0 saturated carbocycles. The standard InChI is InChI=1S/C35H50N6O8/c1-20(2)16-28-35(47)40(6)22(4)33(45)38-27(17-24-10-8-7-9-11-24)34(46)37-26-14-15-48-29(32(26)44)18-41(19-30(42)36-28)31(43)13-12-25-21(3)39-49-23(25)5/h7-11,20,22,26-29,32,44H,12-19H2,1-6H3,(H,36,42)(H,37,46)(H,38,45)/t22-,26-,27-,28+,29+,32-/m0/s1. The van der Waals surface area contributed by atoms with Gasteiger partial charge < -0.3 is 40.1 Å². The van der Waals surface area contributed by atoms with Gasteiger partial charge in [0.2, 0.25) is 29.5 Å². The minimum atomic E-state index is -1.22. The van der Waals surface area contributed by atoms with Crippen LogP contribution in [0.2, 0.25) is 0 Å². The summed E-state index contributed by atoms with van der Waals surface area (Å²) < 4.78 is 11.1. The van der Waals surface area contributed by atoms with Crippen LogP contribution in [-0.4, -0.2) is 113 Å². The summed E-state index contributed by atoms with van der Waals surface area (Å²) in [6, 6.07) is 5.48. The Balaban J connectivity index is 1.66. The number of carbonyl (C=O) groups excluding carboxylic acids is 5. The zero-order valence-corrected chi connectivity index (χ0v) is 29.2. The van der Waals surface area contributed by atoms with Crippen LogP contribution in [-0.2, 0) is 41.6 Å². The Morgan fingerprint density at radius 1 is 1.04 bits per heavy atom. The van der Waals surface area contributed by atoms with E-state index in [0.29, 0.717) is 24.3 Å². The van der Waals surface area contributed by atoms with Gasteiger partial charge in [0.25, 0.3) is 0 Å². The van der Waals surface area contributed by atoms with Crippen molar-refractivity contribution in [3.8, 4) is 0 Å². The Bertz CT molecular complexity index is 1460. The molecule has 4 rings (SSSR count). The van der Waals surface area contributed by atoms with Crippen molar-refractivity contribution in [2.75, 3.05) is 26.7 Å². The Morgan fingerprint density at radius 2 is 1.76 bits per heavy atom. The Kier molecular flexibility index (Phi) is 12.9. The number of aliphatic hydroxyl groups excluding tert-OH is 1. The average molecular weight is 683 g/mol. The first-order chi connectivity index (χ1) is 23.2. The molecule has 2 aliphatic heterocycles. The summed E-state index contributed by atoms with van der Waals surface area (Å²) in [5.41, 5.74) is 2.28. The maximum Gasteiger partial charge on any atom is 0.245 e. The van der Waals surface area contributed by atoms with E-state index in [1.165, 1.54) is 16.8 Å². The van der Waals surface area contributed by atoms with Crippen molar-refractivity contribution in [1.29, 1.82) is 0 Å². The van der Waals surface area contributed by atoms with Crippen LogP contribution in [0.3, 0.4) is 0 Å². The Hall–Kier alpha value is -4.30. The molecule has 2 aromatic rings. The predicted molar refractivity (Wildman–Crippen MR) is 179 cm³/mol. The fourth-order valence-electron chi connectivity index (χ4n) is 6.27. The second kappa shape index (κ2) is 16.9. The molecule has 0 spiro atoms. The molecule has 1 aromatic heterocycles. The second-order valence-corrected chi connectivity index (χ2v) is 13.5. The van der Waals surface area contributed by atoms with Crippen molar-refractivity contribution in [2.24, 2.45) is 5.92 Å². The number of fused-ring (bicyclic) bond motifs is 2. The molecule has 3 heterocycles. The maximum atomic E-state index is 13.8. The number of hydrogen-bond donors (Lipinski definition) is 4. The fourth-order valence-corrected chi connectivity index (χ4v) is 6.27. The number of likely N-dealkylation sites (N-methyl/N-ethyl adjacent to an activating group) is 1. The van der Waals surface area contributed by atoms with Gasteiger partial charge in [-0.25, -0.2) is 0 Å². The van der Waals surface area contributed by atoms with Gasteiger partial charge in [-0.2, -0.15) is 0 Å². The highest BCUT2D eigenvalue weighted by molar-refractivity contribution is 5.94. The zero-order valence-electron chi connectivity index (χ0n) is 29.2. The minimum Gasteiger partial charge on any atom is -0.388 e. The zero-order chi connectivity index (χ0) is 35.8. The van der Waals surface area contributed by atoms with Gasteiger partial charge in [0.05, 0.1) is 24.8 Å². The molecule has 0 unspecified atom stereocenters. The molecule has 2 fully saturated rings. The van der Waals surface area contributed by atoms with Crippen LogP contribution in [0.15, 0.2) is 34.9 Å². The van der Waals surface area contributed by atoms with Crippen molar-refractivity contribution in [3.63, 3.8) is 0 Å². The fraction of sp³-hybridized carbons (Fsp3) is 0.600. The molecule has 14 heteroatoms. The number of aryl methyl sites for hydroxylation is 2. The summed E-state index contributed by atoms with van der Waals surface area (Å²) >= 11 is 0. The van der Waals surface area contributed by atoms with E-state index in [2.05, 4.69) is 21.1 Å². The lowest BCUT2D eigenvalue weighted by molar-refractivity contribution is -0.145. The molecule has 2 bridgehead atoms. The highest BCUT2D eigenvalue weighted by Crippen LogP contribution is 2.20. The number of nitrogens with zero attached hydrogens (tertiary/aromatic N) is 3. The minimum absolute atomic E-state index is 0.00958. The number of ether oxygens (including phenoxy) is 1. The van der Waals surface area contributed by atoms with Crippen LogP contribution in [0, 0.1) is 19.8 Å². The van der Waals surface area contributed by atoms with E-state index < -0.39 is 66.5 Å². The molecule has 1 aromatic carbocycles. The summed E-state index contributed by atoms with van der Waals surface area (Å²) in [5, 5.41) is 23.9. The summed E-state index contributed by atoms with van der Waals surface area (Å²) in [6.07, 6.45) is -1.04. The summed E-state index contributed by atoms with van der Waals surface area (Å²) in [5.74, 6) is -1.87. The van der Waals surface area contributed by atoms with Crippen molar-refractivity contribution in [1.82, 2.24) is 30.9 Å². The monoisotopic (exact) mass is 682 g/mol. The number of amides is 5. The first-order valence-electron chi connectivity index (χ1n) is 16.9. The van der Waals surface area contributed by atoms with Gasteiger partial charge in [0.1, 0.15) is 36.1 Å². The number of carbonyl (C=O) groups is 5. The largest absolute Gasteiger partial charge is 0.388 e. The van der Waals surface area contributed by atoms with E-state index in [9.17, 15) is 29.1 Å². The van der Waals surface area contributed by atoms with Crippen LogP contribution >= 0.6 is 0 Å². The van der Waals surface area contributed by atoms with Gasteiger partial charge in [0.15, 0.2) is 0 Å². The SMILES string of the molecule is Cc1noc(C)c1CCC(=O)N1CC(=O)N[C@H](CC(C)C)C(=O)N(C)[C@@H](C)C(=O)N[C@@H](Cc2ccccc2)C(=O)N[C@H]2CCO[C@H](C1)[C@H]2O. The van der Waals surface area contributed by atoms with Gasteiger partial charge in [-0.1, -0.05) is 49.3 Å². The lowest BCUT2D eigenvalue weighted by atomic mass is 9.97. The number of aliphatic hydroxyl groups is 1.